The molecule has 39 heavy (non-hydrogen) atoms. The van der Waals surface area contributed by atoms with Crippen LogP contribution in [0.4, 0.5) is 21.7 Å². The summed E-state index contributed by atoms with van der Waals surface area (Å²) >= 11 is 5.88. The van der Waals surface area contributed by atoms with Crippen LogP contribution >= 0.6 is 24.0 Å². The van der Waals surface area contributed by atoms with Crippen LogP contribution < -0.4 is 9.80 Å². The van der Waals surface area contributed by atoms with E-state index in [2.05, 4.69) is 23.8 Å². The highest BCUT2D eigenvalue weighted by atomic mass is 35.5. The number of benzene rings is 1. The molecule has 2 aliphatic rings. The minimum Gasteiger partial charge on any atom is -0.478 e. The molecule has 12 heteroatoms. The van der Waals surface area contributed by atoms with E-state index < -0.39 is 17.3 Å². The van der Waals surface area contributed by atoms with Crippen molar-refractivity contribution in [3.8, 4) is 0 Å². The number of aromatic nitrogens is 3. The second-order valence-electron chi connectivity index (χ2n) is 10.9. The number of rotatable bonds is 4. The third-order valence-electron chi connectivity index (χ3n) is 7.11. The maximum absolute atomic E-state index is 14.2. The van der Waals surface area contributed by atoms with Crippen LogP contribution in [0.25, 0.3) is 0 Å². The van der Waals surface area contributed by atoms with Crippen LogP contribution in [0.5, 0.6) is 0 Å². The van der Waals surface area contributed by atoms with Crippen LogP contribution in [-0.4, -0.2) is 68.6 Å². The number of amides is 1. The minimum atomic E-state index is -1.08. The van der Waals surface area contributed by atoms with Gasteiger partial charge in [0.1, 0.15) is 11.5 Å². The van der Waals surface area contributed by atoms with Crippen LogP contribution in [0.1, 0.15) is 54.2 Å². The highest BCUT2D eigenvalue weighted by molar-refractivity contribution is 6.30. The quantitative estimate of drug-likeness (QED) is 0.466. The first-order chi connectivity index (χ1) is 17.9. The summed E-state index contributed by atoms with van der Waals surface area (Å²) in [7, 11) is 0. The van der Waals surface area contributed by atoms with E-state index in [9.17, 15) is 14.0 Å². The Morgan fingerprint density at radius 1 is 1.03 bits per heavy atom. The minimum absolute atomic E-state index is 0. The Balaban J connectivity index is 0.00000353. The van der Waals surface area contributed by atoms with E-state index in [0.717, 1.165) is 11.4 Å². The van der Waals surface area contributed by atoms with E-state index in [0.29, 0.717) is 43.5 Å². The number of hydrogen-bond donors (Lipinski definition) is 1. The van der Waals surface area contributed by atoms with Crippen LogP contribution in [0.15, 0.2) is 42.7 Å². The first kappa shape index (κ1) is 28.5. The Labute approximate surface area is 237 Å². The summed E-state index contributed by atoms with van der Waals surface area (Å²) in [5.41, 5.74) is 1.73. The van der Waals surface area contributed by atoms with Crippen molar-refractivity contribution in [2.75, 3.05) is 36.0 Å². The van der Waals surface area contributed by atoms with Gasteiger partial charge in [0, 0.05) is 49.7 Å². The van der Waals surface area contributed by atoms with E-state index in [1.54, 1.807) is 17.0 Å². The molecule has 2 aromatic heterocycles. The summed E-state index contributed by atoms with van der Waals surface area (Å²) in [4.78, 5) is 43.8. The van der Waals surface area contributed by atoms with Crippen molar-refractivity contribution in [2.24, 2.45) is 0 Å². The van der Waals surface area contributed by atoms with Crippen molar-refractivity contribution in [1.29, 1.82) is 0 Å². The number of halogens is 3. The number of fused-ring (bicyclic) bond motifs is 1. The van der Waals surface area contributed by atoms with Crippen LogP contribution in [0, 0.1) is 5.82 Å². The molecule has 1 amide bonds. The molecule has 2 aliphatic heterocycles. The molecule has 206 valence electrons. The zero-order chi connectivity index (χ0) is 27.4. The van der Waals surface area contributed by atoms with Gasteiger partial charge in [0.2, 0.25) is 5.95 Å². The number of anilines is 3. The zero-order valence-electron chi connectivity index (χ0n) is 22.0. The molecule has 0 atom stereocenters. The Morgan fingerprint density at radius 3 is 2.33 bits per heavy atom. The molecule has 0 radical (unpaired) electrons. The van der Waals surface area contributed by atoms with E-state index in [-0.39, 0.29) is 34.3 Å². The number of nitrogens with zero attached hydrogens (tertiary/aromatic N) is 6. The average molecular weight is 575 g/mol. The zero-order valence-corrected chi connectivity index (χ0v) is 23.6. The Kier molecular flexibility index (Phi) is 7.48. The average Bonchev–Trinajstić information content (AvgIpc) is 3.15. The predicted molar refractivity (Wildman–Crippen MR) is 149 cm³/mol. The third-order valence-corrected chi connectivity index (χ3v) is 7.41. The first-order valence-electron chi connectivity index (χ1n) is 12.2. The van der Waals surface area contributed by atoms with Crippen molar-refractivity contribution in [3.63, 3.8) is 0 Å². The molecule has 1 N–H and O–H groups in total. The maximum Gasteiger partial charge on any atom is 0.338 e. The topological polar surface area (TPSA) is 103 Å². The first-order valence-corrected chi connectivity index (χ1v) is 12.6. The molecular weight excluding hydrogens is 546 g/mol. The maximum atomic E-state index is 14.2. The van der Waals surface area contributed by atoms with Crippen molar-refractivity contribution in [3.05, 3.63) is 70.5 Å². The van der Waals surface area contributed by atoms with Gasteiger partial charge in [-0.25, -0.2) is 24.1 Å². The van der Waals surface area contributed by atoms with Gasteiger partial charge in [-0.3, -0.25) is 4.79 Å². The number of carbonyl (C=O) groups excluding carboxylic acids is 1. The molecule has 3 aromatic rings. The molecule has 9 nitrogen and oxygen atoms in total. The van der Waals surface area contributed by atoms with E-state index in [1.807, 2.05) is 29.7 Å². The molecule has 5 rings (SSSR count). The van der Waals surface area contributed by atoms with Gasteiger partial charge in [-0.05, 0) is 44.2 Å². The summed E-state index contributed by atoms with van der Waals surface area (Å²) in [5, 5.41) is 9.16. The molecule has 0 saturated carbocycles. The summed E-state index contributed by atoms with van der Waals surface area (Å²) < 4.78 is 14.2. The van der Waals surface area contributed by atoms with Crippen LogP contribution in [0.2, 0.25) is 5.02 Å². The van der Waals surface area contributed by atoms with Crippen molar-refractivity contribution < 1.29 is 19.1 Å². The monoisotopic (exact) mass is 574 g/mol. The number of carboxylic acids is 1. The Morgan fingerprint density at radius 2 is 1.72 bits per heavy atom. The normalized spacial score (nSPS) is 17.4. The molecule has 1 fully saturated rings. The summed E-state index contributed by atoms with van der Waals surface area (Å²) in [6.45, 7) is 10.0. The lowest BCUT2D eigenvalue weighted by atomic mass is 9.91. The van der Waals surface area contributed by atoms with Gasteiger partial charge in [-0.15, -0.1) is 12.4 Å². The summed E-state index contributed by atoms with van der Waals surface area (Å²) in [6.07, 6.45) is 2.57. The highest BCUT2D eigenvalue weighted by Gasteiger charge is 2.41. The van der Waals surface area contributed by atoms with Gasteiger partial charge in [0.25, 0.3) is 5.91 Å². The van der Waals surface area contributed by atoms with Crippen LogP contribution in [-0.2, 0) is 5.41 Å². The van der Waals surface area contributed by atoms with Gasteiger partial charge in [-0.1, -0.05) is 25.4 Å². The van der Waals surface area contributed by atoms with Gasteiger partial charge in [0.15, 0.2) is 0 Å². The molecule has 0 spiro atoms. The van der Waals surface area contributed by atoms with Crippen molar-refractivity contribution in [1.82, 2.24) is 19.9 Å². The molecule has 0 bridgehead atoms. The number of carboxylic acid groups (broad SMARTS) is 1. The van der Waals surface area contributed by atoms with Gasteiger partial charge < -0.3 is 19.8 Å². The number of pyridine rings is 1. The second-order valence-corrected chi connectivity index (χ2v) is 11.3. The molecule has 1 saturated heterocycles. The SMILES string of the molecule is CC1(C)CN(c2ccc(Cl)c(F)c2)c2ccc(C(=O)N3CCN(c4ncc(C(=O)O)cn4)CC3(C)C)nc21.Cl. The second kappa shape index (κ2) is 10.2. The summed E-state index contributed by atoms with van der Waals surface area (Å²) in [5.74, 6) is -1.32. The Hall–Kier alpha value is -3.50. The predicted octanol–water partition coefficient (Wildman–Crippen LogP) is 4.95. The largest absolute Gasteiger partial charge is 0.478 e. The number of hydrogen-bond acceptors (Lipinski definition) is 7. The fraction of sp³-hybridized carbons (Fsp3) is 0.370. The fourth-order valence-corrected chi connectivity index (χ4v) is 5.28. The van der Waals surface area contributed by atoms with Gasteiger partial charge in [0.05, 0.1) is 27.5 Å². The van der Waals surface area contributed by atoms with E-state index in [4.69, 9.17) is 21.7 Å². The number of carbonyl (C=O) groups is 2. The molecule has 0 unspecified atom stereocenters. The molecule has 0 aliphatic carbocycles. The number of aromatic carboxylic acids is 1. The fourth-order valence-electron chi connectivity index (χ4n) is 5.16. The number of piperazine rings is 1. The Bertz CT molecular complexity index is 1430. The van der Waals surface area contributed by atoms with Gasteiger partial charge in [-0.2, -0.15) is 0 Å². The van der Waals surface area contributed by atoms with Gasteiger partial charge >= 0.3 is 5.97 Å². The smallest absolute Gasteiger partial charge is 0.338 e. The van der Waals surface area contributed by atoms with Crippen molar-refractivity contribution in [2.45, 2.75) is 38.6 Å². The van der Waals surface area contributed by atoms with Crippen molar-refractivity contribution >= 4 is 53.2 Å². The van der Waals surface area contributed by atoms with E-state index in [1.165, 1.54) is 24.5 Å². The lowest BCUT2D eigenvalue weighted by molar-refractivity contribution is 0.0505. The molecular formula is C27H29Cl2FN6O3. The third kappa shape index (κ3) is 5.23. The lowest BCUT2D eigenvalue weighted by Crippen LogP contribution is -2.61. The molecule has 1 aromatic carbocycles. The molecule has 4 heterocycles. The lowest BCUT2D eigenvalue weighted by Gasteiger charge is -2.47. The standard InChI is InChI=1S/C27H28ClFN6O3.ClH/c1-26(2)14-34(17-5-6-18(28)19(29)11-17)21-8-7-20(32-22(21)26)23(36)35-10-9-33(15-27(35,3)4)25-30-12-16(13-31-25)24(37)38;/h5-8,11-13H,9-10,14-15H2,1-4H3,(H,37,38);1H. The highest BCUT2D eigenvalue weighted by Crippen LogP contribution is 2.44. The van der Waals surface area contributed by atoms with E-state index >= 15 is 0 Å². The summed E-state index contributed by atoms with van der Waals surface area (Å²) in [6, 6.07) is 8.32. The van der Waals surface area contributed by atoms with Crippen LogP contribution in [0.3, 0.4) is 0 Å².